The van der Waals surface area contributed by atoms with E-state index < -0.39 is 23.8 Å². The van der Waals surface area contributed by atoms with E-state index in [0.29, 0.717) is 28.1 Å². The Morgan fingerprint density at radius 2 is 1.86 bits per heavy atom. The molecular formula is C23H19Cl2F3N6O2. The number of aromatic nitrogens is 4. The minimum atomic E-state index is -2.75. The third kappa shape index (κ3) is 4.48. The van der Waals surface area contributed by atoms with Gasteiger partial charge in [-0.05, 0) is 31.2 Å². The average molecular weight is 539 g/mol. The van der Waals surface area contributed by atoms with Crippen LogP contribution in [0.1, 0.15) is 41.9 Å². The Bertz CT molecular complexity index is 1500. The van der Waals surface area contributed by atoms with Crippen LogP contribution in [0.2, 0.25) is 10.3 Å². The Hall–Kier alpha value is -3.31. The van der Waals surface area contributed by atoms with Crippen LogP contribution in [0.5, 0.6) is 0 Å². The molecule has 8 nitrogen and oxygen atoms in total. The van der Waals surface area contributed by atoms with Crippen molar-refractivity contribution in [3.63, 3.8) is 0 Å². The van der Waals surface area contributed by atoms with E-state index in [4.69, 9.17) is 28.2 Å². The molecule has 1 aliphatic rings. The third-order valence-corrected chi connectivity index (χ3v) is 6.52. The predicted molar refractivity (Wildman–Crippen MR) is 130 cm³/mol. The van der Waals surface area contributed by atoms with Crippen LogP contribution in [-0.2, 0) is 0 Å². The van der Waals surface area contributed by atoms with Gasteiger partial charge in [0.2, 0.25) is 5.95 Å². The lowest BCUT2D eigenvalue weighted by Crippen LogP contribution is -2.40. The van der Waals surface area contributed by atoms with Crippen LogP contribution in [0.4, 0.5) is 24.8 Å². The molecule has 3 aromatic heterocycles. The molecule has 1 aromatic carbocycles. The van der Waals surface area contributed by atoms with Gasteiger partial charge < -0.3 is 15.3 Å². The summed E-state index contributed by atoms with van der Waals surface area (Å²) in [5.41, 5.74) is 0.990. The summed E-state index contributed by atoms with van der Waals surface area (Å²) in [7, 11) is 0. The first-order valence-corrected chi connectivity index (χ1v) is 11.7. The SMILES string of the molecule is C[C@@H](Nc1ccc(Cl)nc1C(=O)O)c1cc(F)cc2c1nc(N1CCC(F)(F)CC1)n1cc(Cl)nc21. The van der Waals surface area contributed by atoms with Crippen LogP contribution in [-0.4, -0.2) is 49.4 Å². The Morgan fingerprint density at radius 3 is 2.56 bits per heavy atom. The summed E-state index contributed by atoms with van der Waals surface area (Å²) < 4.78 is 44.0. The van der Waals surface area contributed by atoms with Crippen LogP contribution in [0.25, 0.3) is 16.6 Å². The molecule has 13 heteroatoms. The number of nitrogens with one attached hydrogen (secondary N) is 1. The maximum absolute atomic E-state index is 14.8. The van der Waals surface area contributed by atoms with Crippen molar-refractivity contribution in [1.29, 1.82) is 0 Å². The molecule has 4 heterocycles. The molecule has 4 aromatic rings. The summed E-state index contributed by atoms with van der Waals surface area (Å²) >= 11 is 12.0. The molecule has 0 unspecified atom stereocenters. The third-order valence-electron chi connectivity index (χ3n) is 6.13. The molecule has 0 aliphatic carbocycles. The number of aromatic carboxylic acids is 1. The largest absolute Gasteiger partial charge is 0.476 e. The standard InChI is InChI=1S/C23H19Cl2F3N6O2/c1-11(29-15-2-3-16(24)30-19(15)21(35)36)13-8-12(26)9-14-18(13)32-22(34-10-17(25)31-20(14)34)33-6-4-23(27,28)5-7-33/h2-3,8-11,29H,4-7H2,1H3,(H,35,36)/t11-/m1/s1. The zero-order valence-corrected chi connectivity index (χ0v) is 20.3. The molecular weight excluding hydrogens is 520 g/mol. The second-order valence-electron chi connectivity index (χ2n) is 8.60. The van der Waals surface area contributed by atoms with Gasteiger partial charge in [-0.1, -0.05) is 23.2 Å². The number of nitrogens with zero attached hydrogens (tertiary/aromatic N) is 5. The van der Waals surface area contributed by atoms with E-state index in [1.54, 1.807) is 16.2 Å². The number of imidazole rings is 1. The van der Waals surface area contributed by atoms with Crippen LogP contribution >= 0.6 is 23.2 Å². The molecule has 2 N–H and O–H groups in total. The highest BCUT2D eigenvalue weighted by Gasteiger charge is 2.35. The molecule has 0 amide bonds. The molecule has 1 atom stereocenters. The van der Waals surface area contributed by atoms with Crippen molar-refractivity contribution in [3.8, 4) is 0 Å². The van der Waals surface area contributed by atoms with E-state index in [9.17, 15) is 23.1 Å². The van der Waals surface area contributed by atoms with Crippen molar-refractivity contribution in [2.45, 2.75) is 31.7 Å². The van der Waals surface area contributed by atoms with Gasteiger partial charge in [0.15, 0.2) is 11.3 Å². The molecule has 188 valence electrons. The first-order valence-electron chi connectivity index (χ1n) is 11.0. The number of rotatable bonds is 5. The van der Waals surface area contributed by atoms with Crippen LogP contribution in [0.15, 0.2) is 30.5 Å². The Kier molecular flexibility index (Phi) is 6.08. The number of halogens is 5. The number of hydrogen-bond donors (Lipinski definition) is 2. The van der Waals surface area contributed by atoms with Gasteiger partial charge >= 0.3 is 5.97 Å². The minimum absolute atomic E-state index is 0.0128. The Balaban J connectivity index is 1.64. The predicted octanol–water partition coefficient (Wildman–Crippen LogP) is 5.83. The van der Waals surface area contributed by atoms with E-state index >= 15 is 0 Å². The quantitative estimate of drug-likeness (QED) is 0.308. The normalized spacial score (nSPS) is 16.4. The molecule has 1 fully saturated rings. The van der Waals surface area contributed by atoms with Gasteiger partial charge in [-0.25, -0.2) is 32.9 Å². The van der Waals surface area contributed by atoms with Gasteiger partial charge in [-0.2, -0.15) is 0 Å². The van der Waals surface area contributed by atoms with Crippen molar-refractivity contribution in [3.05, 3.63) is 57.8 Å². The van der Waals surface area contributed by atoms with Crippen molar-refractivity contribution < 1.29 is 23.1 Å². The van der Waals surface area contributed by atoms with Gasteiger partial charge in [0.25, 0.3) is 5.92 Å². The zero-order valence-electron chi connectivity index (χ0n) is 18.8. The van der Waals surface area contributed by atoms with Crippen molar-refractivity contribution in [2.75, 3.05) is 23.3 Å². The van der Waals surface area contributed by atoms with Gasteiger partial charge in [-0.15, -0.1) is 0 Å². The van der Waals surface area contributed by atoms with Gasteiger partial charge in [0.05, 0.1) is 23.4 Å². The molecule has 1 saturated heterocycles. The summed E-state index contributed by atoms with van der Waals surface area (Å²) in [5.74, 6) is -4.24. The Labute approximate surface area is 212 Å². The number of anilines is 2. The number of carbonyl (C=O) groups is 1. The highest BCUT2D eigenvalue weighted by atomic mass is 35.5. The first-order chi connectivity index (χ1) is 17.0. The number of alkyl halides is 2. The smallest absolute Gasteiger partial charge is 0.356 e. The number of carboxylic acid groups (broad SMARTS) is 1. The number of hydrogen-bond acceptors (Lipinski definition) is 6. The molecule has 0 spiro atoms. The summed E-state index contributed by atoms with van der Waals surface area (Å²) in [6.45, 7) is 1.85. The highest BCUT2D eigenvalue weighted by Crippen LogP contribution is 2.35. The van der Waals surface area contributed by atoms with Crippen molar-refractivity contribution >= 4 is 57.4 Å². The molecule has 1 aliphatic heterocycles. The van der Waals surface area contributed by atoms with E-state index in [0.717, 1.165) is 0 Å². The van der Waals surface area contributed by atoms with Gasteiger partial charge in [-0.3, -0.25) is 4.40 Å². The zero-order chi connectivity index (χ0) is 25.8. The monoisotopic (exact) mass is 538 g/mol. The minimum Gasteiger partial charge on any atom is -0.476 e. The number of pyridine rings is 1. The first kappa shape index (κ1) is 24.4. The maximum atomic E-state index is 14.8. The lowest BCUT2D eigenvalue weighted by molar-refractivity contribution is -0.0222. The lowest BCUT2D eigenvalue weighted by atomic mass is 10.0. The molecule has 5 rings (SSSR count). The lowest BCUT2D eigenvalue weighted by Gasteiger charge is -2.33. The second kappa shape index (κ2) is 8.97. The molecule has 0 bridgehead atoms. The number of carboxylic acids is 1. The molecule has 0 radical (unpaired) electrons. The fraction of sp³-hybridized carbons (Fsp3) is 0.304. The average Bonchev–Trinajstić information content (AvgIpc) is 3.21. The van der Waals surface area contributed by atoms with Crippen LogP contribution in [0, 0.1) is 5.82 Å². The van der Waals surface area contributed by atoms with Gasteiger partial charge in [0.1, 0.15) is 16.1 Å². The molecule has 36 heavy (non-hydrogen) atoms. The van der Waals surface area contributed by atoms with Crippen molar-refractivity contribution in [2.24, 2.45) is 0 Å². The summed E-state index contributed by atoms with van der Waals surface area (Å²) in [6.07, 6.45) is 0.856. The van der Waals surface area contributed by atoms with E-state index in [2.05, 4.69) is 15.3 Å². The van der Waals surface area contributed by atoms with Crippen LogP contribution in [0.3, 0.4) is 0 Å². The topological polar surface area (TPSA) is 95.6 Å². The number of fused-ring (bicyclic) bond motifs is 3. The van der Waals surface area contributed by atoms with E-state index in [1.807, 2.05) is 0 Å². The Morgan fingerprint density at radius 1 is 1.14 bits per heavy atom. The summed E-state index contributed by atoms with van der Waals surface area (Å²) in [5, 5.41) is 13.1. The second-order valence-corrected chi connectivity index (χ2v) is 9.38. The summed E-state index contributed by atoms with van der Waals surface area (Å²) in [4.78, 5) is 26.3. The fourth-order valence-electron chi connectivity index (χ4n) is 4.38. The van der Waals surface area contributed by atoms with E-state index in [1.165, 1.54) is 30.5 Å². The fourth-order valence-corrected chi connectivity index (χ4v) is 4.70. The molecule has 0 saturated carbocycles. The van der Waals surface area contributed by atoms with Gasteiger partial charge in [0, 0.05) is 36.9 Å². The maximum Gasteiger partial charge on any atom is 0.356 e. The number of benzene rings is 1. The summed E-state index contributed by atoms with van der Waals surface area (Å²) in [6, 6.07) is 4.83. The van der Waals surface area contributed by atoms with Crippen LogP contribution < -0.4 is 10.2 Å². The number of piperidine rings is 1. The van der Waals surface area contributed by atoms with Crippen molar-refractivity contribution in [1.82, 2.24) is 19.4 Å². The highest BCUT2D eigenvalue weighted by molar-refractivity contribution is 6.30. The van der Waals surface area contributed by atoms with E-state index in [-0.39, 0.29) is 47.6 Å².